The molecule has 34 heavy (non-hydrogen) atoms. The Hall–Kier alpha value is -4.10. The largest absolute Gasteiger partial charge is 0.493 e. The molecule has 0 saturated carbocycles. The average molecular weight is 478 g/mol. The van der Waals surface area contributed by atoms with Crippen molar-refractivity contribution >= 4 is 17.7 Å². The van der Waals surface area contributed by atoms with E-state index in [0.29, 0.717) is 23.1 Å². The average Bonchev–Trinajstić information content (AvgIpc) is 3.23. The molecule has 1 atom stereocenters. The number of amides is 1. The number of ether oxygens (including phenoxy) is 3. The van der Waals surface area contributed by atoms with E-state index in [1.54, 1.807) is 30.0 Å². The summed E-state index contributed by atoms with van der Waals surface area (Å²) in [6, 6.07) is 15.6. The van der Waals surface area contributed by atoms with E-state index in [-0.39, 0.29) is 18.1 Å². The number of nitrogens with one attached hydrogen (secondary N) is 1. The van der Waals surface area contributed by atoms with Gasteiger partial charge in [0.25, 0.3) is 5.91 Å². The van der Waals surface area contributed by atoms with Crippen molar-refractivity contribution in [1.82, 2.24) is 10.2 Å². The number of nitrogens with zero attached hydrogens (tertiary/aromatic N) is 2. The van der Waals surface area contributed by atoms with Gasteiger partial charge in [-0.15, -0.1) is 16.9 Å². The minimum absolute atomic E-state index is 0.00254. The van der Waals surface area contributed by atoms with Gasteiger partial charge in [-0.25, -0.2) is 0 Å². The topological polar surface area (TPSA) is 149 Å². The quantitative estimate of drug-likeness (QED) is 0.419. The first-order valence-electron chi connectivity index (χ1n) is 10.3. The molecule has 1 aromatic heterocycles. The van der Waals surface area contributed by atoms with Crippen LogP contribution in [0.25, 0.3) is 0 Å². The zero-order valence-electron chi connectivity index (χ0n) is 18.6. The highest BCUT2D eigenvalue weighted by Crippen LogP contribution is 2.45. The molecule has 0 bridgehead atoms. The molecule has 1 aliphatic rings. The van der Waals surface area contributed by atoms with E-state index in [0.717, 1.165) is 21.7 Å². The Balaban J connectivity index is 1.71. The standard InChI is InChI=1S/C24H23N5O4S/c1-13-3-6-15(7-4-13)34-12-17-22-21(16(10-25)23(27)33-24(22)29-28-17)14-5-8-18(19(9-14)31-2)32-11-20(26)30/h3-9,21H,11-12,27H2,1-2H3,(H2,26,30)(H,28,29). The van der Waals surface area contributed by atoms with Crippen molar-refractivity contribution in [3.05, 3.63) is 76.3 Å². The summed E-state index contributed by atoms with van der Waals surface area (Å²) in [7, 11) is 1.49. The molecular formula is C24H23N5O4S. The molecule has 4 rings (SSSR count). The van der Waals surface area contributed by atoms with Crippen LogP contribution >= 0.6 is 11.8 Å². The molecular weight excluding hydrogens is 454 g/mol. The van der Waals surface area contributed by atoms with Crippen LogP contribution in [0, 0.1) is 18.3 Å². The van der Waals surface area contributed by atoms with Crippen LogP contribution in [0.2, 0.25) is 0 Å². The summed E-state index contributed by atoms with van der Waals surface area (Å²) in [5.41, 5.74) is 15.0. The summed E-state index contributed by atoms with van der Waals surface area (Å²) < 4.78 is 16.5. The Morgan fingerprint density at radius 2 is 2.03 bits per heavy atom. The lowest BCUT2D eigenvalue weighted by atomic mass is 9.84. The molecule has 0 spiro atoms. The maximum atomic E-state index is 11.1. The van der Waals surface area contributed by atoms with Gasteiger partial charge in [0.2, 0.25) is 11.8 Å². The number of rotatable bonds is 8. The number of aromatic nitrogens is 2. The maximum absolute atomic E-state index is 11.1. The number of methoxy groups -OCH3 is 1. The number of allylic oxidation sites excluding steroid dienone is 1. The van der Waals surface area contributed by atoms with E-state index >= 15 is 0 Å². The number of primary amides is 1. The lowest BCUT2D eigenvalue weighted by Gasteiger charge is -2.24. The number of hydrogen-bond acceptors (Lipinski definition) is 8. The van der Waals surface area contributed by atoms with Crippen LogP contribution in [0.1, 0.15) is 28.3 Å². The van der Waals surface area contributed by atoms with Crippen LogP contribution in [-0.4, -0.2) is 29.8 Å². The first kappa shape index (κ1) is 23.1. The van der Waals surface area contributed by atoms with Crippen LogP contribution < -0.4 is 25.7 Å². The lowest BCUT2D eigenvalue weighted by molar-refractivity contribution is -0.119. The van der Waals surface area contributed by atoms with Crippen LogP contribution in [0.3, 0.4) is 0 Å². The number of H-pyrrole nitrogens is 1. The Morgan fingerprint density at radius 1 is 1.26 bits per heavy atom. The van der Waals surface area contributed by atoms with Gasteiger partial charge in [-0.2, -0.15) is 5.26 Å². The number of carbonyl (C=O) groups is 1. The van der Waals surface area contributed by atoms with Crippen molar-refractivity contribution in [3.8, 4) is 23.4 Å². The molecule has 2 heterocycles. The molecule has 0 saturated heterocycles. The SMILES string of the molecule is COc1cc(C2C(C#N)=C(N)Oc3n[nH]c(CSc4ccc(C)cc4)c32)ccc1OCC(N)=O. The lowest BCUT2D eigenvalue weighted by Crippen LogP contribution is -2.21. The van der Waals surface area contributed by atoms with Crippen molar-refractivity contribution in [2.24, 2.45) is 11.5 Å². The first-order chi connectivity index (χ1) is 16.4. The Morgan fingerprint density at radius 3 is 2.71 bits per heavy atom. The van der Waals surface area contributed by atoms with Gasteiger partial charge in [-0.3, -0.25) is 9.89 Å². The fourth-order valence-corrected chi connectivity index (χ4v) is 4.53. The van der Waals surface area contributed by atoms with Crippen molar-refractivity contribution in [1.29, 1.82) is 5.26 Å². The minimum atomic E-state index is -0.600. The summed E-state index contributed by atoms with van der Waals surface area (Å²) in [4.78, 5) is 12.2. The van der Waals surface area contributed by atoms with Crippen molar-refractivity contribution in [3.63, 3.8) is 0 Å². The number of fused-ring (bicyclic) bond motifs is 1. The normalized spacial score (nSPS) is 14.7. The fourth-order valence-electron chi connectivity index (χ4n) is 3.67. The summed E-state index contributed by atoms with van der Waals surface area (Å²) in [6.45, 7) is 1.76. The molecule has 1 aliphatic heterocycles. The molecule has 0 fully saturated rings. The highest BCUT2D eigenvalue weighted by Gasteiger charge is 2.35. The molecule has 3 aromatic rings. The second kappa shape index (κ2) is 9.80. The number of carbonyl (C=O) groups excluding carboxylic acids is 1. The predicted octanol–water partition coefficient (Wildman–Crippen LogP) is 3.10. The van der Waals surface area contributed by atoms with Gasteiger partial charge in [0.05, 0.1) is 24.3 Å². The van der Waals surface area contributed by atoms with E-state index in [9.17, 15) is 10.1 Å². The second-order valence-corrected chi connectivity index (χ2v) is 8.66. The van der Waals surface area contributed by atoms with Crippen molar-refractivity contribution in [2.75, 3.05) is 13.7 Å². The zero-order chi connectivity index (χ0) is 24.2. The number of nitriles is 1. The van der Waals surface area contributed by atoms with E-state index in [1.165, 1.54) is 12.7 Å². The molecule has 2 aromatic carbocycles. The van der Waals surface area contributed by atoms with Crippen molar-refractivity contribution < 1.29 is 19.0 Å². The van der Waals surface area contributed by atoms with Crippen LogP contribution in [-0.2, 0) is 10.5 Å². The van der Waals surface area contributed by atoms with Crippen LogP contribution in [0.4, 0.5) is 0 Å². The van der Waals surface area contributed by atoms with E-state index in [1.807, 2.05) is 6.92 Å². The summed E-state index contributed by atoms with van der Waals surface area (Å²) in [5, 5.41) is 17.2. The van der Waals surface area contributed by atoms with E-state index in [4.69, 9.17) is 25.7 Å². The summed E-state index contributed by atoms with van der Waals surface area (Å²) in [5.74, 6) is 0.529. The highest BCUT2D eigenvalue weighted by molar-refractivity contribution is 7.98. The maximum Gasteiger partial charge on any atom is 0.255 e. The zero-order valence-corrected chi connectivity index (χ0v) is 19.4. The Labute approximate surface area is 200 Å². The Kier molecular flexibility index (Phi) is 6.65. The summed E-state index contributed by atoms with van der Waals surface area (Å²) >= 11 is 1.64. The third kappa shape index (κ3) is 4.65. The number of aryl methyl sites for hydroxylation is 1. The first-order valence-corrected chi connectivity index (χ1v) is 11.3. The molecule has 9 nitrogen and oxygen atoms in total. The van der Waals surface area contributed by atoms with Gasteiger partial charge >= 0.3 is 0 Å². The fraction of sp³-hybridized carbons (Fsp3) is 0.208. The highest BCUT2D eigenvalue weighted by atomic mass is 32.2. The van der Waals surface area contributed by atoms with Crippen LogP contribution in [0.5, 0.6) is 17.4 Å². The van der Waals surface area contributed by atoms with Gasteiger partial charge in [0.15, 0.2) is 18.1 Å². The molecule has 0 aliphatic carbocycles. The van der Waals surface area contributed by atoms with Gasteiger partial charge in [-0.05, 0) is 36.8 Å². The third-order valence-corrected chi connectivity index (χ3v) is 6.35. The van der Waals surface area contributed by atoms with E-state index < -0.39 is 11.8 Å². The summed E-state index contributed by atoms with van der Waals surface area (Å²) in [6.07, 6.45) is 0. The number of benzene rings is 2. The molecule has 10 heteroatoms. The molecule has 5 N–H and O–H groups in total. The van der Waals surface area contributed by atoms with Crippen LogP contribution in [0.15, 0.2) is 58.8 Å². The minimum Gasteiger partial charge on any atom is -0.493 e. The predicted molar refractivity (Wildman–Crippen MR) is 126 cm³/mol. The molecule has 0 radical (unpaired) electrons. The van der Waals surface area contributed by atoms with Gasteiger partial charge in [0.1, 0.15) is 11.6 Å². The third-order valence-electron chi connectivity index (χ3n) is 5.31. The number of hydrogen-bond donors (Lipinski definition) is 3. The Bertz CT molecular complexity index is 1290. The number of thioether (sulfide) groups is 1. The van der Waals surface area contributed by atoms with E-state index in [2.05, 4.69) is 40.5 Å². The number of aromatic amines is 1. The van der Waals surface area contributed by atoms with Gasteiger partial charge in [-0.1, -0.05) is 23.8 Å². The molecule has 1 unspecified atom stereocenters. The number of nitrogens with two attached hydrogens (primary N) is 2. The van der Waals surface area contributed by atoms with Gasteiger partial charge in [0, 0.05) is 10.6 Å². The monoisotopic (exact) mass is 477 g/mol. The molecule has 174 valence electrons. The smallest absolute Gasteiger partial charge is 0.255 e. The van der Waals surface area contributed by atoms with Crippen molar-refractivity contribution in [2.45, 2.75) is 23.5 Å². The van der Waals surface area contributed by atoms with Gasteiger partial charge < -0.3 is 25.7 Å². The second-order valence-electron chi connectivity index (χ2n) is 7.61. The molecule has 1 amide bonds.